The summed E-state index contributed by atoms with van der Waals surface area (Å²) >= 11 is 7.16. The molecule has 0 unspecified atom stereocenters. The summed E-state index contributed by atoms with van der Waals surface area (Å²) in [5.41, 5.74) is 1.46. The van der Waals surface area contributed by atoms with Crippen LogP contribution in [-0.4, -0.2) is 9.55 Å². The minimum Gasteiger partial charge on any atom is -0.323 e. The lowest BCUT2D eigenvalue weighted by atomic mass is 9.90. The fraction of sp³-hybridized carbons (Fsp3) is 0.625. The van der Waals surface area contributed by atoms with Crippen LogP contribution < -0.4 is 5.56 Å². The molecule has 2 aromatic heterocycles. The van der Waals surface area contributed by atoms with Gasteiger partial charge in [0.15, 0.2) is 4.77 Å². The average Bonchev–Trinajstić information content (AvgIpc) is 2.81. The van der Waals surface area contributed by atoms with Crippen molar-refractivity contribution in [3.8, 4) is 0 Å². The highest BCUT2D eigenvalue weighted by molar-refractivity contribution is 7.71. The van der Waals surface area contributed by atoms with E-state index in [0.29, 0.717) is 11.3 Å². The number of hydrogen-bond donors (Lipinski definition) is 1. The Hall–Kier alpha value is -0.940. The smallest absolute Gasteiger partial charge is 0.263 e. The van der Waals surface area contributed by atoms with Gasteiger partial charge >= 0.3 is 0 Å². The van der Waals surface area contributed by atoms with Crippen LogP contribution in [0.5, 0.6) is 0 Å². The van der Waals surface area contributed by atoms with E-state index in [1.54, 1.807) is 15.9 Å². The van der Waals surface area contributed by atoms with Crippen LogP contribution in [0.1, 0.15) is 50.5 Å². The number of thiophene rings is 1. The van der Waals surface area contributed by atoms with E-state index >= 15 is 0 Å². The van der Waals surface area contributed by atoms with Crippen molar-refractivity contribution in [2.75, 3.05) is 0 Å². The van der Waals surface area contributed by atoms with Gasteiger partial charge in [-0.25, -0.2) is 0 Å². The van der Waals surface area contributed by atoms with Crippen LogP contribution in [0.25, 0.3) is 10.2 Å². The SMILES string of the molecule is CCC(C)(C)Cn1c(=S)[nH]c2sc3c(c2c1=O)CCCC3. The Morgan fingerprint density at radius 3 is 2.76 bits per heavy atom. The first-order valence-electron chi connectivity index (χ1n) is 7.70. The van der Waals surface area contributed by atoms with E-state index in [1.807, 2.05) is 0 Å². The number of aromatic nitrogens is 2. The molecule has 0 aliphatic heterocycles. The van der Waals surface area contributed by atoms with Gasteiger partial charge in [-0.05, 0) is 55.3 Å². The highest BCUT2D eigenvalue weighted by Gasteiger charge is 2.22. The number of aromatic amines is 1. The van der Waals surface area contributed by atoms with Crippen LogP contribution in [0.2, 0.25) is 0 Å². The largest absolute Gasteiger partial charge is 0.323 e. The van der Waals surface area contributed by atoms with Crippen molar-refractivity contribution in [1.29, 1.82) is 0 Å². The molecule has 21 heavy (non-hydrogen) atoms. The summed E-state index contributed by atoms with van der Waals surface area (Å²) in [7, 11) is 0. The number of aryl methyl sites for hydroxylation is 2. The van der Waals surface area contributed by atoms with E-state index in [4.69, 9.17) is 12.2 Å². The van der Waals surface area contributed by atoms with E-state index in [2.05, 4.69) is 25.8 Å². The Kier molecular flexibility index (Phi) is 3.82. The summed E-state index contributed by atoms with van der Waals surface area (Å²) in [6, 6.07) is 0. The van der Waals surface area contributed by atoms with Gasteiger partial charge in [-0.3, -0.25) is 9.36 Å². The van der Waals surface area contributed by atoms with E-state index in [9.17, 15) is 4.79 Å². The number of fused-ring (bicyclic) bond motifs is 3. The lowest BCUT2D eigenvalue weighted by molar-refractivity contribution is 0.288. The molecule has 3 nitrogen and oxygen atoms in total. The zero-order valence-corrected chi connectivity index (χ0v) is 14.5. The Morgan fingerprint density at radius 2 is 2.05 bits per heavy atom. The van der Waals surface area contributed by atoms with Crippen molar-refractivity contribution in [3.05, 3.63) is 25.6 Å². The summed E-state index contributed by atoms with van der Waals surface area (Å²) in [6.07, 6.45) is 5.58. The summed E-state index contributed by atoms with van der Waals surface area (Å²) < 4.78 is 2.33. The molecule has 0 spiro atoms. The molecule has 1 N–H and O–H groups in total. The van der Waals surface area contributed by atoms with E-state index in [-0.39, 0.29) is 11.0 Å². The topological polar surface area (TPSA) is 37.8 Å². The zero-order valence-electron chi connectivity index (χ0n) is 12.9. The Labute approximate surface area is 134 Å². The number of nitrogens with zero attached hydrogens (tertiary/aromatic N) is 1. The molecule has 1 aliphatic carbocycles. The summed E-state index contributed by atoms with van der Waals surface area (Å²) in [4.78, 5) is 18.6. The minimum atomic E-state index is 0.0784. The van der Waals surface area contributed by atoms with Crippen LogP contribution in [0, 0.1) is 10.2 Å². The Bertz CT molecular complexity index is 795. The van der Waals surface area contributed by atoms with Crippen LogP contribution in [0.4, 0.5) is 0 Å². The van der Waals surface area contributed by atoms with E-state index in [0.717, 1.165) is 29.5 Å². The Morgan fingerprint density at radius 1 is 1.33 bits per heavy atom. The van der Waals surface area contributed by atoms with Crippen LogP contribution in [-0.2, 0) is 19.4 Å². The lowest BCUT2D eigenvalue weighted by Gasteiger charge is -2.23. The minimum absolute atomic E-state index is 0.0784. The van der Waals surface area contributed by atoms with Crippen LogP contribution >= 0.6 is 23.6 Å². The maximum atomic E-state index is 13.0. The first-order valence-corrected chi connectivity index (χ1v) is 8.93. The first-order chi connectivity index (χ1) is 9.93. The molecule has 0 aromatic carbocycles. The third-order valence-electron chi connectivity index (χ3n) is 4.64. The number of H-pyrrole nitrogens is 1. The third-order valence-corrected chi connectivity index (χ3v) is 6.17. The molecule has 5 heteroatoms. The quantitative estimate of drug-likeness (QED) is 0.849. The van der Waals surface area contributed by atoms with Gasteiger partial charge in [0.05, 0.1) is 5.39 Å². The molecule has 2 heterocycles. The number of nitrogens with one attached hydrogen (secondary N) is 1. The molecule has 0 saturated heterocycles. The summed E-state index contributed by atoms with van der Waals surface area (Å²) in [6.45, 7) is 7.20. The first kappa shape index (κ1) is 15.0. The van der Waals surface area contributed by atoms with Gasteiger partial charge in [0, 0.05) is 11.4 Å². The van der Waals surface area contributed by atoms with Crippen molar-refractivity contribution in [2.45, 2.75) is 59.4 Å². The molecular weight excluding hydrogens is 300 g/mol. The monoisotopic (exact) mass is 322 g/mol. The summed E-state index contributed by atoms with van der Waals surface area (Å²) in [5, 5.41) is 0.898. The molecule has 1 aliphatic rings. The van der Waals surface area contributed by atoms with Crippen molar-refractivity contribution >= 4 is 33.8 Å². The molecular formula is C16H22N2OS2. The van der Waals surface area contributed by atoms with Gasteiger partial charge in [0.25, 0.3) is 5.56 Å². The van der Waals surface area contributed by atoms with E-state index in [1.165, 1.54) is 23.3 Å². The van der Waals surface area contributed by atoms with Crippen molar-refractivity contribution in [2.24, 2.45) is 5.41 Å². The molecule has 0 saturated carbocycles. The molecule has 0 atom stereocenters. The second-order valence-electron chi connectivity index (χ2n) is 6.75. The molecule has 0 radical (unpaired) electrons. The maximum Gasteiger partial charge on any atom is 0.263 e. The normalized spacial score (nSPS) is 15.4. The van der Waals surface area contributed by atoms with Gasteiger partial charge in [0.2, 0.25) is 0 Å². The van der Waals surface area contributed by atoms with Gasteiger partial charge in [0.1, 0.15) is 4.83 Å². The molecule has 0 amide bonds. The average molecular weight is 322 g/mol. The fourth-order valence-electron chi connectivity index (χ4n) is 2.96. The van der Waals surface area contributed by atoms with Crippen LogP contribution in [0.3, 0.4) is 0 Å². The lowest BCUT2D eigenvalue weighted by Crippen LogP contribution is -2.29. The highest BCUT2D eigenvalue weighted by Crippen LogP contribution is 2.33. The standard InChI is InChI=1S/C16H22N2OS2/c1-4-16(2,3)9-18-14(19)12-10-7-5-6-8-11(10)21-13(12)17-15(18)20/h4-9H2,1-3H3,(H,17,20). The van der Waals surface area contributed by atoms with Gasteiger partial charge in [-0.1, -0.05) is 20.8 Å². The number of rotatable bonds is 3. The fourth-order valence-corrected chi connectivity index (χ4v) is 4.55. The van der Waals surface area contributed by atoms with Gasteiger partial charge < -0.3 is 4.98 Å². The van der Waals surface area contributed by atoms with Gasteiger partial charge in [-0.2, -0.15) is 0 Å². The second-order valence-corrected chi connectivity index (χ2v) is 8.25. The summed E-state index contributed by atoms with van der Waals surface area (Å²) in [5.74, 6) is 0. The molecule has 3 rings (SSSR count). The van der Waals surface area contributed by atoms with Gasteiger partial charge in [-0.15, -0.1) is 11.3 Å². The molecule has 0 bridgehead atoms. The predicted molar refractivity (Wildman–Crippen MR) is 92.0 cm³/mol. The van der Waals surface area contributed by atoms with Crippen molar-refractivity contribution < 1.29 is 0 Å². The molecule has 114 valence electrons. The zero-order chi connectivity index (χ0) is 15.2. The van der Waals surface area contributed by atoms with E-state index < -0.39 is 0 Å². The third kappa shape index (κ3) is 2.61. The molecule has 0 fully saturated rings. The predicted octanol–water partition coefficient (Wildman–Crippen LogP) is 4.44. The maximum absolute atomic E-state index is 13.0. The second kappa shape index (κ2) is 5.36. The Balaban J connectivity index is 2.23. The van der Waals surface area contributed by atoms with Crippen molar-refractivity contribution in [1.82, 2.24) is 9.55 Å². The van der Waals surface area contributed by atoms with Crippen LogP contribution in [0.15, 0.2) is 4.79 Å². The molecule has 2 aromatic rings. The number of hydrogen-bond acceptors (Lipinski definition) is 3. The highest BCUT2D eigenvalue weighted by atomic mass is 32.1. The van der Waals surface area contributed by atoms with Crippen molar-refractivity contribution in [3.63, 3.8) is 0 Å².